The van der Waals surface area contributed by atoms with Gasteiger partial charge in [0.1, 0.15) is 5.75 Å². The number of ether oxygens (including phenoxy) is 2. The lowest BCUT2D eigenvalue weighted by Crippen LogP contribution is -2.18. The molecule has 2 N–H and O–H groups in total. The number of rotatable bonds is 5. The summed E-state index contributed by atoms with van der Waals surface area (Å²) in [4.78, 5) is 22.2. The first-order valence-electron chi connectivity index (χ1n) is 4.92. The van der Waals surface area contributed by atoms with Crippen molar-refractivity contribution in [3.63, 3.8) is 0 Å². The third kappa shape index (κ3) is 4.07. The Hall–Kier alpha value is -1.56. The van der Waals surface area contributed by atoms with Crippen molar-refractivity contribution in [1.29, 1.82) is 0 Å². The largest absolute Gasteiger partial charge is 0.481 e. The Morgan fingerprint density at radius 1 is 1.41 bits per heavy atom. The number of halogens is 1. The van der Waals surface area contributed by atoms with E-state index in [0.717, 1.165) is 0 Å². The number of nitrogens with two attached hydrogens (primary N) is 1. The second kappa shape index (κ2) is 6.24. The molecule has 17 heavy (non-hydrogen) atoms. The summed E-state index contributed by atoms with van der Waals surface area (Å²) in [6.07, 6.45) is 0. The van der Waals surface area contributed by atoms with E-state index in [2.05, 4.69) is 15.9 Å². The minimum Gasteiger partial charge on any atom is -0.481 e. The Morgan fingerprint density at radius 2 is 2.12 bits per heavy atom. The third-order valence-electron chi connectivity index (χ3n) is 1.86. The highest BCUT2D eigenvalue weighted by Crippen LogP contribution is 2.22. The van der Waals surface area contributed by atoms with Gasteiger partial charge >= 0.3 is 5.97 Å². The van der Waals surface area contributed by atoms with E-state index in [4.69, 9.17) is 15.2 Å². The summed E-state index contributed by atoms with van der Waals surface area (Å²) in [5, 5.41) is 0. The fourth-order valence-corrected chi connectivity index (χ4v) is 1.52. The van der Waals surface area contributed by atoms with Crippen LogP contribution in [0, 0.1) is 0 Å². The van der Waals surface area contributed by atoms with Crippen LogP contribution in [0.25, 0.3) is 0 Å². The Bertz CT molecular complexity index is 433. The van der Waals surface area contributed by atoms with Crippen molar-refractivity contribution < 1.29 is 19.1 Å². The highest BCUT2D eigenvalue weighted by molar-refractivity contribution is 9.10. The number of benzene rings is 1. The second-order valence-electron chi connectivity index (χ2n) is 3.10. The molecule has 0 atom stereocenters. The lowest BCUT2D eigenvalue weighted by atomic mass is 10.2. The molecular weight excluding hydrogens is 290 g/mol. The molecule has 5 nitrogen and oxygen atoms in total. The van der Waals surface area contributed by atoms with E-state index in [0.29, 0.717) is 4.47 Å². The van der Waals surface area contributed by atoms with Gasteiger partial charge in [-0.3, -0.25) is 4.79 Å². The van der Waals surface area contributed by atoms with Crippen LogP contribution in [0.4, 0.5) is 0 Å². The summed E-state index contributed by atoms with van der Waals surface area (Å²) in [6, 6.07) is 4.78. The fourth-order valence-electron chi connectivity index (χ4n) is 1.16. The first kappa shape index (κ1) is 13.5. The Balaban J connectivity index is 2.77. The Kier molecular flexibility index (Phi) is 4.96. The lowest BCUT2D eigenvalue weighted by Gasteiger charge is -2.09. The summed E-state index contributed by atoms with van der Waals surface area (Å²) < 4.78 is 10.6. The predicted molar refractivity (Wildman–Crippen MR) is 64.8 cm³/mol. The van der Waals surface area contributed by atoms with E-state index in [1.165, 1.54) is 6.07 Å². The zero-order valence-electron chi connectivity index (χ0n) is 9.23. The van der Waals surface area contributed by atoms with Crippen molar-refractivity contribution in [1.82, 2.24) is 0 Å². The summed E-state index contributed by atoms with van der Waals surface area (Å²) in [6.45, 7) is 1.73. The van der Waals surface area contributed by atoms with Gasteiger partial charge in [0.15, 0.2) is 6.61 Å². The number of amides is 1. The molecule has 0 fully saturated rings. The van der Waals surface area contributed by atoms with Gasteiger partial charge in [0.05, 0.1) is 12.2 Å². The van der Waals surface area contributed by atoms with Gasteiger partial charge < -0.3 is 15.2 Å². The van der Waals surface area contributed by atoms with Crippen LogP contribution in [0.1, 0.15) is 17.3 Å². The molecule has 0 unspecified atom stereocenters. The van der Waals surface area contributed by atoms with Crippen molar-refractivity contribution >= 4 is 27.8 Å². The minimum absolute atomic E-state index is 0.212. The predicted octanol–water partition coefficient (Wildman–Crippen LogP) is 1.49. The molecule has 0 heterocycles. The van der Waals surface area contributed by atoms with Gasteiger partial charge in [0.25, 0.3) is 5.91 Å². The maximum absolute atomic E-state index is 11.1. The Morgan fingerprint density at radius 3 is 2.71 bits per heavy atom. The molecule has 1 amide bonds. The SMILES string of the molecule is CCOC(=O)COc1ccc(Br)cc1C(N)=O. The molecule has 0 bridgehead atoms. The van der Waals surface area contributed by atoms with Crippen LogP contribution in [0.5, 0.6) is 5.75 Å². The van der Waals surface area contributed by atoms with Crippen LogP contribution in [-0.4, -0.2) is 25.1 Å². The summed E-state index contributed by atoms with van der Waals surface area (Å²) in [5.74, 6) is -0.857. The molecule has 0 aliphatic rings. The maximum atomic E-state index is 11.1. The normalized spacial score (nSPS) is 9.76. The van der Waals surface area contributed by atoms with Crippen LogP contribution in [0.15, 0.2) is 22.7 Å². The summed E-state index contributed by atoms with van der Waals surface area (Å²) in [5.41, 5.74) is 5.40. The van der Waals surface area contributed by atoms with E-state index in [-0.39, 0.29) is 24.5 Å². The molecule has 1 aromatic rings. The van der Waals surface area contributed by atoms with Crippen molar-refractivity contribution in [3.05, 3.63) is 28.2 Å². The highest BCUT2D eigenvalue weighted by atomic mass is 79.9. The molecule has 0 radical (unpaired) electrons. The van der Waals surface area contributed by atoms with Gasteiger partial charge in [-0.25, -0.2) is 4.79 Å². The van der Waals surface area contributed by atoms with E-state index in [1.54, 1.807) is 19.1 Å². The van der Waals surface area contributed by atoms with Gasteiger partial charge in [-0.15, -0.1) is 0 Å². The minimum atomic E-state index is -0.620. The number of hydrogen-bond donors (Lipinski definition) is 1. The zero-order valence-corrected chi connectivity index (χ0v) is 10.8. The molecule has 0 aromatic heterocycles. The molecule has 0 saturated heterocycles. The summed E-state index contributed by atoms with van der Waals surface area (Å²) in [7, 11) is 0. The average molecular weight is 302 g/mol. The fraction of sp³-hybridized carbons (Fsp3) is 0.273. The van der Waals surface area contributed by atoms with Crippen LogP contribution in [0.3, 0.4) is 0 Å². The topological polar surface area (TPSA) is 78.6 Å². The van der Waals surface area contributed by atoms with Crippen LogP contribution in [-0.2, 0) is 9.53 Å². The molecule has 0 aliphatic heterocycles. The van der Waals surface area contributed by atoms with Gasteiger partial charge in [-0.1, -0.05) is 15.9 Å². The standard InChI is InChI=1S/C11H12BrNO4/c1-2-16-10(14)6-17-9-4-3-7(12)5-8(9)11(13)15/h3-5H,2,6H2,1H3,(H2,13,15). The van der Waals surface area contributed by atoms with Crippen LogP contribution >= 0.6 is 15.9 Å². The van der Waals surface area contributed by atoms with Crippen molar-refractivity contribution in [2.75, 3.05) is 13.2 Å². The quantitative estimate of drug-likeness (QED) is 0.836. The molecule has 0 spiro atoms. The molecule has 0 saturated carbocycles. The van der Waals surface area contributed by atoms with Crippen LogP contribution < -0.4 is 10.5 Å². The number of primary amides is 1. The third-order valence-corrected chi connectivity index (χ3v) is 2.35. The smallest absolute Gasteiger partial charge is 0.344 e. The van der Waals surface area contributed by atoms with Gasteiger partial charge in [0.2, 0.25) is 0 Å². The van der Waals surface area contributed by atoms with Crippen molar-refractivity contribution in [2.45, 2.75) is 6.92 Å². The second-order valence-corrected chi connectivity index (χ2v) is 4.01. The molecule has 1 aromatic carbocycles. The van der Waals surface area contributed by atoms with E-state index < -0.39 is 11.9 Å². The van der Waals surface area contributed by atoms with Gasteiger partial charge in [0, 0.05) is 4.47 Å². The summed E-state index contributed by atoms with van der Waals surface area (Å²) >= 11 is 3.21. The molecule has 1 rings (SSSR count). The number of carbonyl (C=O) groups is 2. The molecular formula is C11H12BrNO4. The molecule has 6 heteroatoms. The first-order chi connectivity index (χ1) is 8.04. The molecule has 0 aliphatic carbocycles. The number of esters is 1. The van der Waals surface area contributed by atoms with E-state index in [1.807, 2.05) is 0 Å². The lowest BCUT2D eigenvalue weighted by molar-refractivity contribution is -0.145. The van der Waals surface area contributed by atoms with Crippen molar-refractivity contribution in [2.24, 2.45) is 5.73 Å². The maximum Gasteiger partial charge on any atom is 0.344 e. The highest BCUT2D eigenvalue weighted by Gasteiger charge is 2.11. The first-order valence-corrected chi connectivity index (χ1v) is 5.71. The average Bonchev–Trinajstić information content (AvgIpc) is 2.27. The number of carbonyl (C=O) groups excluding carboxylic acids is 2. The van der Waals surface area contributed by atoms with E-state index in [9.17, 15) is 9.59 Å². The zero-order chi connectivity index (χ0) is 12.8. The van der Waals surface area contributed by atoms with Crippen molar-refractivity contribution in [3.8, 4) is 5.75 Å². The van der Waals surface area contributed by atoms with Gasteiger partial charge in [-0.2, -0.15) is 0 Å². The number of hydrogen-bond acceptors (Lipinski definition) is 4. The molecule has 92 valence electrons. The van der Waals surface area contributed by atoms with Crippen LogP contribution in [0.2, 0.25) is 0 Å². The Labute approximate surface area is 107 Å². The monoisotopic (exact) mass is 301 g/mol. The van der Waals surface area contributed by atoms with E-state index >= 15 is 0 Å². The van der Waals surface area contributed by atoms with Gasteiger partial charge in [-0.05, 0) is 25.1 Å².